The van der Waals surface area contributed by atoms with Crippen LogP contribution in [0, 0.1) is 31.6 Å². The highest BCUT2D eigenvalue weighted by Gasteiger charge is 2.27. The molecule has 0 radical (unpaired) electrons. The van der Waals surface area contributed by atoms with Crippen LogP contribution in [0.2, 0.25) is 0 Å². The first-order valence-corrected chi connectivity index (χ1v) is 21.1. The number of carbonyl (C=O) groups is 1. The molecule has 0 spiro atoms. The number of pyridine rings is 1. The molecule has 294 valence electrons. The smallest absolute Gasteiger partial charge is 0.185 e. The Hall–Kier alpha value is -3.41. The van der Waals surface area contributed by atoms with E-state index in [4.69, 9.17) is 9.72 Å². The minimum Gasteiger partial charge on any atom is -0.500 e. The number of carbonyl (C=O) groups excluding carboxylic acids is 1. The second-order valence-corrected chi connectivity index (χ2v) is 16.0. The molecule has 1 aliphatic carbocycles. The quantitative estimate of drug-likeness (QED) is 0.112. The standard InChI is InChI=1S/C28H35N4O2.C14H30.C5H10/c1-18-11-12-22-24(15-18)32(5)27(30-22)10-8-7-9-25(33)21-16-19(2)29-23(17-21)28-20(3)31(4)14-13-26(28)34-6;1-6-9-14(13(5)8-3)11-10-12(4)7-2;1-2-4-5-3-1/h10-12,15-17,30H,7-9,13-14H2,1-6H3;12-14H,6-11H2,1-5H3;1-5H2/q+1;;/b27-10-;;/t;12?,13-,14?;/m.1./s1. The van der Waals surface area contributed by atoms with E-state index in [1.165, 1.54) is 81.9 Å². The summed E-state index contributed by atoms with van der Waals surface area (Å²) in [6.07, 6.45) is 21.0. The SMILES string of the molecule is C1CCCC1.CCCC(CCC(C)CC)[C@H](C)CC.COC1=C(c2cc(C(=O)CCC/C=C3/Nc4ccc(C)cc4N3C)cc(C)n2)C(C)=[N+](C)CC1. The first kappa shape index (κ1) is 44.0. The van der Waals surface area contributed by atoms with Gasteiger partial charge in [-0.05, 0) is 86.8 Å². The molecule has 0 amide bonds. The van der Waals surface area contributed by atoms with Crippen molar-refractivity contribution >= 4 is 28.4 Å². The highest BCUT2D eigenvalue weighted by Crippen LogP contribution is 2.36. The van der Waals surface area contributed by atoms with E-state index < -0.39 is 0 Å². The molecule has 0 saturated heterocycles. The Bertz CT molecular complexity index is 1540. The monoisotopic (exact) mass is 728 g/mol. The fraction of sp³-hybridized carbons (Fsp3) is 0.638. The number of hydrogen-bond acceptors (Lipinski definition) is 5. The van der Waals surface area contributed by atoms with Crippen LogP contribution in [-0.2, 0) is 4.74 Å². The maximum Gasteiger partial charge on any atom is 0.185 e. The average Bonchev–Trinajstić information content (AvgIpc) is 3.84. The molecule has 3 aliphatic rings. The average molecular weight is 728 g/mol. The Morgan fingerprint density at radius 2 is 1.68 bits per heavy atom. The van der Waals surface area contributed by atoms with E-state index >= 15 is 0 Å². The maximum absolute atomic E-state index is 13.1. The van der Waals surface area contributed by atoms with Crippen molar-refractivity contribution in [3.05, 3.63) is 70.5 Å². The summed E-state index contributed by atoms with van der Waals surface area (Å²) in [6.45, 7) is 18.8. The second-order valence-electron chi connectivity index (χ2n) is 16.0. The van der Waals surface area contributed by atoms with Crippen LogP contribution in [0.25, 0.3) is 5.57 Å². The third-order valence-electron chi connectivity index (χ3n) is 11.8. The van der Waals surface area contributed by atoms with Gasteiger partial charge in [-0.25, -0.2) is 4.58 Å². The maximum atomic E-state index is 13.1. The molecular formula is C47H75N4O2+. The largest absolute Gasteiger partial charge is 0.500 e. The normalized spacial score (nSPS) is 17.7. The molecule has 3 heterocycles. The van der Waals surface area contributed by atoms with Gasteiger partial charge in [0.15, 0.2) is 11.5 Å². The zero-order valence-electron chi connectivity index (χ0n) is 35.7. The lowest BCUT2D eigenvalue weighted by molar-refractivity contribution is -0.497. The number of Topliss-reactive ketones (excluding diaryl/α,β-unsaturated/α-hetero) is 1. The lowest BCUT2D eigenvalue weighted by Crippen LogP contribution is -2.25. The summed E-state index contributed by atoms with van der Waals surface area (Å²) in [6, 6.07) is 10.2. The minimum atomic E-state index is 0.151. The van der Waals surface area contributed by atoms with Crippen molar-refractivity contribution in [3.8, 4) is 0 Å². The Labute approximate surface area is 324 Å². The molecule has 6 heteroatoms. The number of aryl methyl sites for hydroxylation is 2. The summed E-state index contributed by atoms with van der Waals surface area (Å²) in [7, 11) is 5.86. The lowest BCUT2D eigenvalue weighted by Gasteiger charge is -2.23. The molecule has 1 fully saturated rings. The molecule has 53 heavy (non-hydrogen) atoms. The van der Waals surface area contributed by atoms with Crippen molar-refractivity contribution in [2.75, 3.05) is 38.0 Å². The van der Waals surface area contributed by atoms with Crippen molar-refractivity contribution in [1.29, 1.82) is 0 Å². The van der Waals surface area contributed by atoms with Gasteiger partial charge in [0.1, 0.15) is 30.7 Å². The molecular weight excluding hydrogens is 653 g/mol. The number of benzene rings is 1. The Kier molecular flexibility index (Phi) is 18.9. The van der Waals surface area contributed by atoms with Crippen LogP contribution >= 0.6 is 0 Å². The summed E-state index contributed by atoms with van der Waals surface area (Å²) in [5, 5.41) is 3.47. The fourth-order valence-electron chi connectivity index (χ4n) is 7.66. The van der Waals surface area contributed by atoms with E-state index in [0.717, 1.165) is 89.1 Å². The molecule has 1 aromatic heterocycles. The molecule has 2 unspecified atom stereocenters. The van der Waals surface area contributed by atoms with Gasteiger partial charge in [-0.1, -0.05) is 105 Å². The van der Waals surface area contributed by atoms with Crippen molar-refractivity contribution < 1.29 is 14.1 Å². The molecule has 1 aromatic carbocycles. The number of rotatable bonds is 15. The number of nitrogens with zero attached hydrogens (tertiary/aromatic N) is 3. The van der Waals surface area contributed by atoms with E-state index in [1.807, 2.05) is 19.1 Å². The van der Waals surface area contributed by atoms with Gasteiger partial charge in [-0.2, -0.15) is 0 Å². The van der Waals surface area contributed by atoms with Crippen LogP contribution in [0.3, 0.4) is 0 Å². The van der Waals surface area contributed by atoms with Gasteiger partial charge < -0.3 is 15.0 Å². The molecule has 0 bridgehead atoms. The fourth-order valence-corrected chi connectivity index (χ4v) is 7.66. The molecule has 1 N–H and O–H groups in total. The minimum absolute atomic E-state index is 0.151. The topological polar surface area (TPSA) is 57.5 Å². The number of methoxy groups -OCH3 is 1. The van der Waals surface area contributed by atoms with Gasteiger partial charge in [0.25, 0.3) is 0 Å². The highest BCUT2D eigenvalue weighted by molar-refractivity contribution is 6.20. The number of unbranched alkanes of at least 4 members (excludes halogenated alkanes) is 1. The number of nitrogens with one attached hydrogen (secondary N) is 1. The van der Waals surface area contributed by atoms with Crippen LogP contribution in [0.1, 0.15) is 165 Å². The third kappa shape index (κ3) is 13.4. The van der Waals surface area contributed by atoms with Crippen LogP contribution in [0.15, 0.2) is 48.0 Å². The van der Waals surface area contributed by atoms with Crippen LogP contribution < -0.4 is 10.2 Å². The molecule has 5 rings (SSSR count). The summed E-state index contributed by atoms with van der Waals surface area (Å²) in [5.41, 5.74) is 8.06. The lowest BCUT2D eigenvalue weighted by atomic mass is 9.82. The highest BCUT2D eigenvalue weighted by atomic mass is 16.5. The molecule has 1 saturated carbocycles. The van der Waals surface area contributed by atoms with Crippen molar-refractivity contribution in [2.45, 2.75) is 152 Å². The third-order valence-corrected chi connectivity index (χ3v) is 11.8. The first-order chi connectivity index (χ1) is 25.4. The first-order valence-electron chi connectivity index (χ1n) is 21.1. The van der Waals surface area contributed by atoms with E-state index in [0.29, 0.717) is 6.42 Å². The Balaban J connectivity index is 0.000000328. The molecule has 2 aromatic rings. The van der Waals surface area contributed by atoms with Gasteiger partial charge in [0, 0.05) is 31.6 Å². The Morgan fingerprint density at radius 1 is 0.981 bits per heavy atom. The van der Waals surface area contributed by atoms with Crippen LogP contribution in [0.4, 0.5) is 11.4 Å². The number of ether oxygens (including phenoxy) is 1. The van der Waals surface area contributed by atoms with E-state index in [-0.39, 0.29) is 5.78 Å². The predicted octanol–water partition coefficient (Wildman–Crippen LogP) is 12.5. The van der Waals surface area contributed by atoms with Gasteiger partial charge in [0.2, 0.25) is 0 Å². The van der Waals surface area contributed by atoms with Crippen molar-refractivity contribution in [3.63, 3.8) is 0 Å². The number of fused-ring (bicyclic) bond motifs is 1. The summed E-state index contributed by atoms with van der Waals surface area (Å²) < 4.78 is 7.89. The van der Waals surface area contributed by atoms with E-state index in [2.05, 4.69) is 102 Å². The Morgan fingerprint density at radius 3 is 2.30 bits per heavy atom. The summed E-state index contributed by atoms with van der Waals surface area (Å²) in [4.78, 5) is 20.0. The molecule has 2 aliphatic heterocycles. The zero-order chi connectivity index (χ0) is 38.9. The molecule has 3 atom stereocenters. The van der Waals surface area contributed by atoms with Gasteiger partial charge in [-0.15, -0.1) is 0 Å². The van der Waals surface area contributed by atoms with Crippen molar-refractivity contribution in [1.82, 2.24) is 4.98 Å². The van der Waals surface area contributed by atoms with Gasteiger partial charge in [-0.3, -0.25) is 9.78 Å². The van der Waals surface area contributed by atoms with Gasteiger partial charge >= 0.3 is 0 Å². The predicted molar refractivity (Wildman–Crippen MR) is 228 cm³/mol. The van der Waals surface area contributed by atoms with E-state index in [9.17, 15) is 4.79 Å². The van der Waals surface area contributed by atoms with Crippen molar-refractivity contribution in [2.24, 2.45) is 17.8 Å². The van der Waals surface area contributed by atoms with Gasteiger partial charge in [0.05, 0.1) is 30.6 Å². The summed E-state index contributed by atoms with van der Waals surface area (Å²) in [5.74, 6) is 5.00. The van der Waals surface area contributed by atoms with E-state index in [1.54, 1.807) is 7.11 Å². The molecule has 6 nitrogen and oxygen atoms in total. The number of aromatic nitrogens is 1. The second kappa shape index (κ2) is 22.7. The zero-order valence-corrected chi connectivity index (χ0v) is 35.7. The van der Waals surface area contributed by atoms with Crippen LogP contribution in [-0.4, -0.2) is 48.8 Å². The number of allylic oxidation sites excluding steroid dienone is 2. The number of ketones is 1. The summed E-state index contributed by atoms with van der Waals surface area (Å²) >= 11 is 0. The number of hydrogen-bond donors (Lipinski definition) is 1. The van der Waals surface area contributed by atoms with Crippen LogP contribution in [0.5, 0.6) is 0 Å². The number of anilines is 2.